The van der Waals surface area contributed by atoms with E-state index in [1.807, 2.05) is 19.1 Å². The Balaban J connectivity index is 1.76. The van der Waals surface area contributed by atoms with E-state index < -0.39 is 18.0 Å². The fourth-order valence-corrected chi connectivity index (χ4v) is 2.22. The van der Waals surface area contributed by atoms with Crippen LogP contribution in [0, 0.1) is 0 Å². The van der Waals surface area contributed by atoms with Crippen molar-refractivity contribution < 1.29 is 23.5 Å². The predicted molar refractivity (Wildman–Crippen MR) is 91.4 cm³/mol. The molecule has 0 unspecified atom stereocenters. The standard InChI is InChI=1S/C19H21NO5/c1-3-14-6-8-15(9-7-14)18(22)13(2)25-17(21)10-11-20-19(23)16-5-4-12-24-16/h4-9,12-13H,3,10-11H2,1-2H3,(H,20,23)/t13-/m1/s1. The van der Waals surface area contributed by atoms with Gasteiger partial charge < -0.3 is 14.5 Å². The summed E-state index contributed by atoms with van der Waals surface area (Å²) < 4.78 is 10.1. The van der Waals surface area contributed by atoms with Crippen molar-refractivity contribution in [2.75, 3.05) is 6.54 Å². The van der Waals surface area contributed by atoms with Gasteiger partial charge in [-0.05, 0) is 31.0 Å². The third-order valence-electron chi connectivity index (χ3n) is 3.68. The highest BCUT2D eigenvalue weighted by Crippen LogP contribution is 2.10. The molecule has 0 radical (unpaired) electrons. The average Bonchev–Trinajstić information content (AvgIpc) is 3.15. The average molecular weight is 343 g/mol. The highest BCUT2D eigenvalue weighted by molar-refractivity contribution is 6.00. The number of hydrogen-bond donors (Lipinski definition) is 1. The first-order chi connectivity index (χ1) is 12.0. The zero-order chi connectivity index (χ0) is 18.2. The minimum atomic E-state index is -0.874. The topological polar surface area (TPSA) is 85.6 Å². The maximum atomic E-state index is 12.3. The second-order valence-electron chi connectivity index (χ2n) is 5.53. The lowest BCUT2D eigenvalue weighted by Gasteiger charge is -2.12. The number of benzene rings is 1. The molecule has 0 aliphatic rings. The molecule has 2 rings (SSSR count). The number of ketones is 1. The van der Waals surface area contributed by atoms with E-state index in [0.717, 1.165) is 12.0 Å². The summed E-state index contributed by atoms with van der Waals surface area (Å²) in [6.07, 6.45) is 1.38. The second-order valence-corrected chi connectivity index (χ2v) is 5.53. The molecule has 0 bridgehead atoms. The molecule has 0 aliphatic carbocycles. The first-order valence-electron chi connectivity index (χ1n) is 8.15. The van der Waals surface area contributed by atoms with Crippen molar-refractivity contribution in [3.8, 4) is 0 Å². The number of carbonyl (C=O) groups is 3. The van der Waals surface area contributed by atoms with Gasteiger partial charge in [-0.2, -0.15) is 0 Å². The van der Waals surface area contributed by atoms with Gasteiger partial charge in [0.1, 0.15) is 0 Å². The van der Waals surface area contributed by atoms with Crippen molar-refractivity contribution in [3.05, 3.63) is 59.5 Å². The number of Topliss-reactive ketones (excluding diaryl/α,β-unsaturated/α-hetero) is 1. The number of esters is 1. The number of ether oxygens (including phenoxy) is 1. The highest BCUT2D eigenvalue weighted by atomic mass is 16.5. The Bertz CT molecular complexity index is 719. The highest BCUT2D eigenvalue weighted by Gasteiger charge is 2.19. The van der Waals surface area contributed by atoms with Crippen LogP contribution in [-0.2, 0) is 16.0 Å². The monoisotopic (exact) mass is 343 g/mol. The van der Waals surface area contributed by atoms with Crippen LogP contribution >= 0.6 is 0 Å². The molecule has 1 aromatic heterocycles. The molecule has 2 aromatic rings. The van der Waals surface area contributed by atoms with Gasteiger partial charge in [-0.15, -0.1) is 0 Å². The summed E-state index contributed by atoms with van der Waals surface area (Å²) in [7, 11) is 0. The Hall–Kier alpha value is -2.89. The molecule has 0 saturated carbocycles. The smallest absolute Gasteiger partial charge is 0.308 e. The molecule has 0 fully saturated rings. The number of carbonyl (C=O) groups excluding carboxylic acids is 3. The third kappa shape index (κ3) is 5.31. The van der Waals surface area contributed by atoms with Crippen LogP contribution in [0.4, 0.5) is 0 Å². The number of amides is 1. The van der Waals surface area contributed by atoms with Gasteiger partial charge in [0.2, 0.25) is 5.78 Å². The van der Waals surface area contributed by atoms with Gasteiger partial charge in [-0.25, -0.2) is 0 Å². The van der Waals surface area contributed by atoms with E-state index >= 15 is 0 Å². The van der Waals surface area contributed by atoms with Crippen LogP contribution in [0.15, 0.2) is 47.1 Å². The molecule has 0 aliphatic heterocycles. The summed E-state index contributed by atoms with van der Waals surface area (Å²) in [4.78, 5) is 35.7. The quantitative estimate of drug-likeness (QED) is 0.588. The fourth-order valence-electron chi connectivity index (χ4n) is 2.22. The normalized spacial score (nSPS) is 11.6. The molecular weight excluding hydrogens is 322 g/mol. The van der Waals surface area contributed by atoms with E-state index in [9.17, 15) is 14.4 Å². The van der Waals surface area contributed by atoms with Gasteiger partial charge in [0, 0.05) is 12.1 Å². The Morgan fingerprint density at radius 3 is 2.48 bits per heavy atom. The molecule has 6 nitrogen and oxygen atoms in total. The lowest BCUT2D eigenvalue weighted by molar-refractivity contribution is -0.146. The van der Waals surface area contributed by atoms with Crippen molar-refractivity contribution in [1.29, 1.82) is 0 Å². The minimum absolute atomic E-state index is 0.0289. The van der Waals surface area contributed by atoms with Crippen molar-refractivity contribution in [2.45, 2.75) is 32.8 Å². The largest absolute Gasteiger partial charge is 0.459 e. The number of rotatable bonds is 8. The molecule has 1 heterocycles. The molecule has 0 saturated heterocycles. The van der Waals surface area contributed by atoms with E-state index in [2.05, 4.69) is 5.32 Å². The van der Waals surface area contributed by atoms with E-state index in [0.29, 0.717) is 5.56 Å². The Labute approximate surface area is 146 Å². The third-order valence-corrected chi connectivity index (χ3v) is 3.68. The summed E-state index contributed by atoms with van der Waals surface area (Å²) >= 11 is 0. The van der Waals surface area contributed by atoms with Crippen LogP contribution < -0.4 is 5.32 Å². The Morgan fingerprint density at radius 2 is 1.88 bits per heavy atom. The van der Waals surface area contributed by atoms with Crippen molar-refractivity contribution >= 4 is 17.7 Å². The van der Waals surface area contributed by atoms with Gasteiger partial charge in [0.15, 0.2) is 11.9 Å². The molecule has 132 valence electrons. The summed E-state index contributed by atoms with van der Waals surface area (Å²) in [5.74, 6) is -1.04. The van der Waals surface area contributed by atoms with Crippen LogP contribution in [0.1, 0.15) is 46.7 Å². The first kappa shape index (κ1) is 18.4. The van der Waals surface area contributed by atoms with Crippen LogP contribution in [0.5, 0.6) is 0 Å². The molecule has 1 N–H and O–H groups in total. The lowest BCUT2D eigenvalue weighted by atomic mass is 10.0. The number of nitrogens with one attached hydrogen (secondary N) is 1. The summed E-state index contributed by atoms with van der Waals surface area (Å²) in [5, 5.41) is 2.54. The van der Waals surface area contributed by atoms with Crippen molar-refractivity contribution in [2.24, 2.45) is 0 Å². The maximum Gasteiger partial charge on any atom is 0.308 e. The summed E-state index contributed by atoms with van der Waals surface area (Å²) in [6.45, 7) is 3.67. The van der Waals surface area contributed by atoms with Gasteiger partial charge in [0.25, 0.3) is 5.91 Å². The van der Waals surface area contributed by atoms with Gasteiger partial charge in [0.05, 0.1) is 12.7 Å². The van der Waals surface area contributed by atoms with Gasteiger partial charge in [-0.3, -0.25) is 14.4 Å². The molecule has 1 atom stereocenters. The molecule has 25 heavy (non-hydrogen) atoms. The fraction of sp³-hybridized carbons (Fsp3) is 0.316. The Morgan fingerprint density at radius 1 is 1.16 bits per heavy atom. The predicted octanol–water partition coefficient (Wildman–Crippen LogP) is 2.78. The van der Waals surface area contributed by atoms with Crippen LogP contribution in [-0.4, -0.2) is 30.3 Å². The zero-order valence-corrected chi connectivity index (χ0v) is 14.3. The Kier molecular flexibility index (Phi) is 6.51. The molecule has 1 aromatic carbocycles. The number of hydrogen-bond acceptors (Lipinski definition) is 5. The SMILES string of the molecule is CCc1ccc(C(=O)[C@@H](C)OC(=O)CCNC(=O)c2ccco2)cc1. The van der Waals surface area contributed by atoms with Gasteiger partial charge >= 0.3 is 5.97 Å². The van der Waals surface area contributed by atoms with Gasteiger partial charge in [-0.1, -0.05) is 31.2 Å². The van der Waals surface area contributed by atoms with E-state index in [-0.39, 0.29) is 24.5 Å². The van der Waals surface area contributed by atoms with Crippen molar-refractivity contribution in [1.82, 2.24) is 5.32 Å². The summed E-state index contributed by atoms with van der Waals surface area (Å²) in [6, 6.07) is 10.4. The lowest BCUT2D eigenvalue weighted by Crippen LogP contribution is -2.29. The van der Waals surface area contributed by atoms with E-state index in [1.165, 1.54) is 19.3 Å². The van der Waals surface area contributed by atoms with E-state index in [1.54, 1.807) is 18.2 Å². The van der Waals surface area contributed by atoms with Crippen molar-refractivity contribution in [3.63, 3.8) is 0 Å². The zero-order valence-electron chi connectivity index (χ0n) is 14.3. The minimum Gasteiger partial charge on any atom is -0.459 e. The molecular formula is C19H21NO5. The molecule has 1 amide bonds. The number of furan rings is 1. The molecule has 6 heteroatoms. The second kappa shape index (κ2) is 8.82. The first-order valence-corrected chi connectivity index (χ1v) is 8.15. The van der Waals surface area contributed by atoms with Crippen LogP contribution in [0.3, 0.4) is 0 Å². The number of aryl methyl sites for hydroxylation is 1. The summed E-state index contributed by atoms with van der Waals surface area (Å²) in [5.41, 5.74) is 1.64. The van der Waals surface area contributed by atoms with Crippen LogP contribution in [0.2, 0.25) is 0 Å². The van der Waals surface area contributed by atoms with Crippen LogP contribution in [0.25, 0.3) is 0 Å². The molecule has 0 spiro atoms. The van der Waals surface area contributed by atoms with E-state index in [4.69, 9.17) is 9.15 Å². The maximum absolute atomic E-state index is 12.3.